The molecule has 0 fully saturated rings. The first kappa shape index (κ1) is 7.55. The molecule has 0 saturated carbocycles. The molecule has 0 unspecified atom stereocenters. The topological polar surface area (TPSA) is 105 Å². The second-order valence-electron chi connectivity index (χ2n) is 1.93. The van der Waals surface area contributed by atoms with Crippen molar-refractivity contribution >= 4 is 5.96 Å². The van der Waals surface area contributed by atoms with Gasteiger partial charge >= 0.3 is 0 Å². The van der Waals surface area contributed by atoms with E-state index in [4.69, 9.17) is 11.6 Å². The van der Waals surface area contributed by atoms with Crippen LogP contribution in [0.4, 0.5) is 0 Å². The predicted molar refractivity (Wildman–Crippen MR) is 41.2 cm³/mol. The Kier molecular flexibility index (Phi) is 2.45. The minimum absolute atomic E-state index is 0.208. The Labute approximate surface area is 63.7 Å². The Bertz CT molecular complexity index is 225. The van der Waals surface area contributed by atoms with Crippen molar-refractivity contribution in [1.82, 2.24) is 15.6 Å². The molecule has 0 aromatic carbocycles. The molecule has 1 aromatic rings. The van der Waals surface area contributed by atoms with Gasteiger partial charge in [0.15, 0.2) is 0 Å². The van der Waals surface area contributed by atoms with Crippen LogP contribution >= 0.6 is 0 Å². The van der Waals surface area contributed by atoms with Crippen LogP contribution in [0.5, 0.6) is 0 Å². The molecule has 0 saturated heterocycles. The minimum atomic E-state index is 0.208. The average Bonchev–Trinajstić information content (AvgIpc) is 2.52. The number of nitrogens with one attached hydrogen (secondary N) is 2. The van der Waals surface area contributed by atoms with Gasteiger partial charge in [0.25, 0.3) is 0 Å². The maximum absolute atomic E-state index is 5.27. The number of hydrogen-bond donors (Lipinski definition) is 4. The number of hydrogen-bond acceptors (Lipinski definition) is 3. The Morgan fingerprint density at radius 1 is 1.82 bits per heavy atom. The van der Waals surface area contributed by atoms with E-state index in [-0.39, 0.29) is 5.96 Å². The van der Waals surface area contributed by atoms with Gasteiger partial charge in [-0.15, -0.1) is 0 Å². The fourth-order valence-electron chi connectivity index (χ4n) is 0.589. The van der Waals surface area contributed by atoms with Gasteiger partial charge in [-0.3, -0.25) is 10.5 Å². The molecule has 6 N–H and O–H groups in total. The Hall–Kier alpha value is -1.56. The molecule has 1 heterocycles. The van der Waals surface area contributed by atoms with Crippen LogP contribution in [0.1, 0.15) is 5.69 Å². The number of nitrogens with two attached hydrogens (primary N) is 2. The van der Waals surface area contributed by atoms with Crippen molar-refractivity contribution in [2.45, 2.75) is 6.54 Å². The fraction of sp³-hybridized carbons (Fsp3) is 0.200. The molecule has 0 aliphatic heterocycles. The summed E-state index contributed by atoms with van der Waals surface area (Å²) >= 11 is 0. The lowest BCUT2D eigenvalue weighted by Crippen LogP contribution is -2.37. The second kappa shape index (κ2) is 3.57. The first-order valence-electron chi connectivity index (χ1n) is 3.07. The van der Waals surface area contributed by atoms with Crippen molar-refractivity contribution in [3.05, 3.63) is 18.0 Å². The van der Waals surface area contributed by atoms with Gasteiger partial charge in [0.05, 0.1) is 12.2 Å². The molecule has 1 rings (SSSR count). The lowest BCUT2D eigenvalue weighted by Gasteiger charge is -1.95. The normalized spacial score (nSPS) is 11.5. The van der Waals surface area contributed by atoms with Gasteiger partial charge in [-0.2, -0.15) is 5.10 Å². The van der Waals surface area contributed by atoms with E-state index in [0.29, 0.717) is 6.54 Å². The molecule has 0 aliphatic rings. The Balaban J connectivity index is 2.45. The lowest BCUT2D eigenvalue weighted by atomic mass is 10.4. The van der Waals surface area contributed by atoms with Gasteiger partial charge in [0.1, 0.15) is 0 Å². The summed E-state index contributed by atoms with van der Waals surface area (Å²) in [6.07, 6.45) is 1.65. The third-order valence-corrected chi connectivity index (χ3v) is 1.13. The zero-order chi connectivity index (χ0) is 8.10. The van der Waals surface area contributed by atoms with Crippen LogP contribution in [0, 0.1) is 0 Å². The predicted octanol–water partition coefficient (Wildman–Crippen LogP) is -1.31. The van der Waals surface area contributed by atoms with Gasteiger partial charge in [0, 0.05) is 6.20 Å². The number of aromatic nitrogens is 2. The minimum Gasteiger partial charge on any atom is -0.369 e. The molecule has 11 heavy (non-hydrogen) atoms. The monoisotopic (exact) mass is 154 g/mol. The molecule has 0 aliphatic carbocycles. The molecule has 0 bridgehead atoms. The van der Waals surface area contributed by atoms with Crippen LogP contribution in [0.3, 0.4) is 0 Å². The standard InChI is InChI=1S/C5H10N6/c6-5(10-7)8-3-4-1-2-9-11-4/h1-2H,3,7H2,(H,9,11)(H3,6,8,10). The summed E-state index contributed by atoms with van der Waals surface area (Å²) in [5.74, 6) is 5.19. The quantitative estimate of drug-likeness (QED) is 0.184. The summed E-state index contributed by atoms with van der Waals surface area (Å²) in [5, 5.41) is 6.47. The van der Waals surface area contributed by atoms with E-state index < -0.39 is 0 Å². The molecule has 60 valence electrons. The van der Waals surface area contributed by atoms with Gasteiger partial charge < -0.3 is 5.73 Å². The van der Waals surface area contributed by atoms with Crippen LogP contribution in [0.15, 0.2) is 17.3 Å². The maximum Gasteiger partial charge on any atom is 0.203 e. The van der Waals surface area contributed by atoms with Crippen LogP contribution in [-0.4, -0.2) is 16.2 Å². The number of H-pyrrole nitrogens is 1. The number of rotatable bonds is 2. The first-order chi connectivity index (χ1) is 5.33. The Morgan fingerprint density at radius 2 is 2.64 bits per heavy atom. The van der Waals surface area contributed by atoms with Crippen molar-refractivity contribution in [1.29, 1.82) is 0 Å². The number of hydrazine groups is 1. The Morgan fingerprint density at radius 3 is 3.18 bits per heavy atom. The molecule has 0 radical (unpaired) electrons. The van der Waals surface area contributed by atoms with E-state index in [0.717, 1.165) is 5.69 Å². The van der Waals surface area contributed by atoms with Gasteiger partial charge in [-0.1, -0.05) is 0 Å². The zero-order valence-electron chi connectivity index (χ0n) is 5.91. The summed E-state index contributed by atoms with van der Waals surface area (Å²) in [4.78, 5) is 3.87. The van der Waals surface area contributed by atoms with E-state index in [1.54, 1.807) is 6.20 Å². The number of aliphatic imine (C=N–C) groups is 1. The largest absolute Gasteiger partial charge is 0.369 e. The number of nitrogens with zero attached hydrogens (tertiary/aromatic N) is 2. The van der Waals surface area contributed by atoms with Crippen molar-refractivity contribution in [3.8, 4) is 0 Å². The van der Waals surface area contributed by atoms with Crippen molar-refractivity contribution in [2.75, 3.05) is 0 Å². The SMILES string of the molecule is NNC(N)=NCc1ccn[nH]1. The number of guanidine groups is 1. The first-order valence-corrected chi connectivity index (χ1v) is 3.07. The van der Waals surface area contributed by atoms with E-state index in [1.165, 1.54) is 0 Å². The third-order valence-electron chi connectivity index (χ3n) is 1.13. The summed E-state index contributed by atoms with van der Waals surface area (Å²) in [5.41, 5.74) is 8.38. The molecule has 0 amide bonds. The van der Waals surface area contributed by atoms with Gasteiger partial charge in [-0.25, -0.2) is 10.8 Å². The fourth-order valence-corrected chi connectivity index (χ4v) is 0.589. The van der Waals surface area contributed by atoms with E-state index in [1.807, 2.05) is 6.07 Å². The van der Waals surface area contributed by atoms with Crippen LogP contribution in [-0.2, 0) is 6.54 Å². The molecule has 1 aromatic heterocycles. The summed E-state index contributed by atoms with van der Waals surface area (Å²) in [7, 11) is 0. The summed E-state index contributed by atoms with van der Waals surface area (Å²) < 4.78 is 0. The van der Waals surface area contributed by atoms with Crippen molar-refractivity contribution in [3.63, 3.8) is 0 Å². The molecular formula is C5H10N6. The second-order valence-corrected chi connectivity index (χ2v) is 1.93. The highest BCUT2D eigenvalue weighted by molar-refractivity contribution is 5.76. The van der Waals surface area contributed by atoms with E-state index in [9.17, 15) is 0 Å². The molecule has 6 heteroatoms. The van der Waals surface area contributed by atoms with Crippen molar-refractivity contribution < 1.29 is 0 Å². The van der Waals surface area contributed by atoms with Crippen LogP contribution < -0.4 is 17.0 Å². The highest BCUT2D eigenvalue weighted by Gasteiger charge is 1.90. The van der Waals surface area contributed by atoms with Crippen LogP contribution in [0.25, 0.3) is 0 Å². The maximum atomic E-state index is 5.27. The van der Waals surface area contributed by atoms with Crippen LogP contribution in [0.2, 0.25) is 0 Å². The lowest BCUT2D eigenvalue weighted by molar-refractivity contribution is 0.914. The zero-order valence-corrected chi connectivity index (χ0v) is 5.91. The molecular weight excluding hydrogens is 144 g/mol. The molecule has 6 nitrogen and oxygen atoms in total. The highest BCUT2D eigenvalue weighted by atomic mass is 15.3. The highest BCUT2D eigenvalue weighted by Crippen LogP contribution is 1.92. The average molecular weight is 154 g/mol. The van der Waals surface area contributed by atoms with Gasteiger partial charge in [-0.05, 0) is 6.07 Å². The molecule has 0 spiro atoms. The smallest absolute Gasteiger partial charge is 0.203 e. The number of aromatic amines is 1. The van der Waals surface area contributed by atoms with E-state index >= 15 is 0 Å². The third kappa shape index (κ3) is 2.26. The summed E-state index contributed by atoms with van der Waals surface area (Å²) in [6, 6.07) is 1.81. The van der Waals surface area contributed by atoms with Crippen molar-refractivity contribution in [2.24, 2.45) is 16.6 Å². The summed E-state index contributed by atoms with van der Waals surface area (Å²) in [6.45, 7) is 0.454. The molecule has 0 atom stereocenters. The van der Waals surface area contributed by atoms with E-state index in [2.05, 4.69) is 20.6 Å². The van der Waals surface area contributed by atoms with Gasteiger partial charge in [0.2, 0.25) is 5.96 Å².